The Morgan fingerprint density at radius 2 is 2.00 bits per heavy atom. The summed E-state index contributed by atoms with van der Waals surface area (Å²) in [5.74, 6) is 0.562. The van der Waals surface area contributed by atoms with Crippen molar-refractivity contribution in [1.82, 2.24) is 4.98 Å². The monoisotopic (exact) mass is 242 g/mol. The first-order valence-electron chi connectivity index (χ1n) is 5.61. The molecular weight excluding hydrogens is 228 g/mol. The van der Waals surface area contributed by atoms with E-state index in [1.165, 1.54) is 6.21 Å². The first-order valence-corrected chi connectivity index (χ1v) is 5.61. The Labute approximate surface area is 106 Å². The van der Waals surface area contributed by atoms with Gasteiger partial charge in [-0.1, -0.05) is 35.5 Å². The largest absolute Gasteiger partial charge is 0.473 e. The number of hydrogen-bond acceptors (Lipinski definition) is 4. The highest BCUT2D eigenvalue weighted by atomic mass is 16.5. The topological polar surface area (TPSA) is 54.7 Å². The number of aromatic nitrogens is 1. The van der Waals surface area contributed by atoms with Crippen LogP contribution in [0.15, 0.2) is 47.6 Å². The van der Waals surface area contributed by atoms with Gasteiger partial charge in [0, 0.05) is 11.6 Å². The summed E-state index contributed by atoms with van der Waals surface area (Å²) in [6.45, 7) is 2.33. The normalized spacial score (nSPS) is 10.7. The lowest BCUT2D eigenvalue weighted by Crippen LogP contribution is -1.99. The molecule has 4 heteroatoms. The summed E-state index contributed by atoms with van der Waals surface area (Å²) in [4.78, 5) is 4.28. The molecule has 4 nitrogen and oxygen atoms in total. The van der Waals surface area contributed by atoms with Crippen molar-refractivity contribution in [3.63, 3.8) is 0 Å². The van der Waals surface area contributed by atoms with Crippen LogP contribution in [0.3, 0.4) is 0 Å². The maximum Gasteiger partial charge on any atom is 0.213 e. The predicted octanol–water partition coefficient (Wildman–Crippen LogP) is 2.78. The van der Waals surface area contributed by atoms with E-state index in [2.05, 4.69) is 10.1 Å². The first kappa shape index (κ1) is 12.1. The number of ether oxygens (including phenoxy) is 1. The molecule has 0 aliphatic carbocycles. The van der Waals surface area contributed by atoms with Gasteiger partial charge in [-0.3, -0.25) is 0 Å². The third-order valence-corrected chi connectivity index (χ3v) is 2.53. The van der Waals surface area contributed by atoms with Crippen molar-refractivity contribution < 1.29 is 9.94 Å². The molecule has 1 aromatic carbocycles. The predicted molar refractivity (Wildman–Crippen MR) is 69.1 cm³/mol. The zero-order chi connectivity index (χ0) is 12.8. The number of hydrogen-bond donors (Lipinski definition) is 1. The van der Waals surface area contributed by atoms with Crippen LogP contribution in [-0.2, 0) is 6.61 Å². The molecule has 0 spiro atoms. The van der Waals surface area contributed by atoms with E-state index in [0.717, 1.165) is 16.8 Å². The van der Waals surface area contributed by atoms with Crippen LogP contribution in [0.2, 0.25) is 0 Å². The highest BCUT2D eigenvalue weighted by molar-refractivity contribution is 5.80. The van der Waals surface area contributed by atoms with Gasteiger partial charge in [0.05, 0.1) is 11.9 Å². The second-order valence-electron chi connectivity index (χ2n) is 3.84. The van der Waals surface area contributed by atoms with Gasteiger partial charge in [0.25, 0.3) is 0 Å². The summed E-state index contributed by atoms with van der Waals surface area (Å²) in [5.41, 5.74) is 2.63. The Morgan fingerprint density at radius 3 is 2.67 bits per heavy atom. The second kappa shape index (κ2) is 5.82. The summed E-state index contributed by atoms with van der Waals surface area (Å²) in [7, 11) is 0. The summed E-state index contributed by atoms with van der Waals surface area (Å²) in [6, 6.07) is 13.5. The molecule has 1 N–H and O–H groups in total. The molecule has 0 fully saturated rings. The van der Waals surface area contributed by atoms with Crippen LogP contribution in [-0.4, -0.2) is 16.4 Å². The third kappa shape index (κ3) is 3.07. The molecule has 0 aliphatic rings. The molecule has 1 aromatic heterocycles. The average molecular weight is 242 g/mol. The minimum absolute atomic E-state index is 0.487. The zero-order valence-corrected chi connectivity index (χ0v) is 10.1. The average Bonchev–Trinajstić information content (AvgIpc) is 2.41. The van der Waals surface area contributed by atoms with Crippen molar-refractivity contribution in [2.24, 2.45) is 5.16 Å². The molecule has 0 unspecified atom stereocenters. The van der Waals surface area contributed by atoms with Crippen molar-refractivity contribution in [2.45, 2.75) is 13.5 Å². The van der Waals surface area contributed by atoms with Crippen LogP contribution in [0, 0.1) is 6.92 Å². The van der Waals surface area contributed by atoms with Crippen LogP contribution >= 0.6 is 0 Å². The van der Waals surface area contributed by atoms with Crippen LogP contribution in [0.5, 0.6) is 5.88 Å². The van der Waals surface area contributed by atoms with Crippen LogP contribution in [0.1, 0.15) is 16.8 Å². The van der Waals surface area contributed by atoms with Gasteiger partial charge < -0.3 is 9.94 Å². The molecule has 2 aromatic rings. The Balaban J connectivity index is 2.04. The lowest BCUT2D eigenvalue weighted by molar-refractivity contribution is 0.293. The van der Waals surface area contributed by atoms with Crippen molar-refractivity contribution >= 4 is 6.21 Å². The number of benzene rings is 1. The van der Waals surface area contributed by atoms with Gasteiger partial charge in [0.1, 0.15) is 6.61 Å². The van der Waals surface area contributed by atoms with Gasteiger partial charge >= 0.3 is 0 Å². The van der Waals surface area contributed by atoms with Crippen LogP contribution < -0.4 is 4.74 Å². The Kier molecular flexibility index (Phi) is 3.91. The molecule has 0 amide bonds. The maximum atomic E-state index is 8.48. The van der Waals surface area contributed by atoms with Crippen LogP contribution in [0.25, 0.3) is 0 Å². The summed E-state index contributed by atoms with van der Waals surface area (Å²) < 4.78 is 5.59. The van der Waals surface area contributed by atoms with Crippen molar-refractivity contribution in [2.75, 3.05) is 0 Å². The molecule has 0 aliphatic heterocycles. The summed E-state index contributed by atoms with van der Waals surface area (Å²) in [6.07, 6.45) is 1.35. The SMILES string of the molecule is Cc1nc(OCc2ccccc2)ccc1/C=N/O. The minimum Gasteiger partial charge on any atom is -0.473 e. The second-order valence-corrected chi connectivity index (χ2v) is 3.84. The molecule has 0 saturated heterocycles. The number of pyridine rings is 1. The number of nitrogens with zero attached hydrogens (tertiary/aromatic N) is 2. The highest BCUT2D eigenvalue weighted by Crippen LogP contribution is 2.13. The van der Waals surface area contributed by atoms with Crippen molar-refractivity contribution in [1.29, 1.82) is 0 Å². The molecule has 18 heavy (non-hydrogen) atoms. The number of oxime groups is 1. The number of aryl methyl sites for hydroxylation is 1. The first-order chi connectivity index (χ1) is 8.79. The van der Waals surface area contributed by atoms with E-state index < -0.39 is 0 Å². The van der Waals surface area contributed by atoms with E-state index in [0.29, 0.717) is 12.5 Å². The number of rotatable bonds is 4. The summed E-state index contributed by atoms with van der Waals surface area (Å²) in [5, 5.41) is 11.5. The fourth-order valence-electron chi connectivity index (χ4n) is 1.56. The smallest absolute Gasteiger partial charge is 0.213 e. The fourth-order valence-corrected chi connectivity index (χ4v) is 1.56. The van der Waals surface area contributed by atoms with Gasteiger partial charge in [-0.05, 0) is 18.6 Å². The third-order valence-electron chi connectivity index (χ3n) is 2.53. The summed E-state index contributed by atoms with van der Waals surface area (Å²) >= 11 is 0. The zero-order valence-electron chi connectivity index (χ0n) is 10.1. The van der Waals surface area contributed by atoms with Crippen molar-refractivity contribution in [3.05, 3.63) is 59.3 Å². The van der Waals surface area contributed by atoms with Gasteiger partial charge in [0.15, 0.2) is 0 Å². The standard InChI is InChI=1S/C14H14N2O2/c1-11-13(9-15-17)7-8-14(16-11)18-10-12-5-3-2-4-6-12/h2-9,17H,10H2,1H3/b15-9+. The maximum absolute atomic E-state index is 8.48. The Hall–Kier alpha value is -2.36. The Morgan fingerprint density at radius 1 is 1.22 bits per heavy atom. The highest BCUT2D eigenvalue weighted by Gasteiger charge is 2.01. The van der Waals surface area contributed by atoms with E-state index in [4.69, 9.17) is 9.94 Å². The van der Waals surface area contributed by atoms with Gasteiger partial charge in [0.2, 0.25) is 5.88 Å². The molecule has 2 rings (SSSR count). The van der Waals surface area contributed by atoms with Gasteiger partial charge in [-0.25, -0.2) is 4.98 Å². The lowest BCUT2D eigenvalue weighted by Gasteiger charge is -2.07. The molecule has 0 atom stereocenters. The van der Waals surface area contributed by atoms with E-state index in [1.54, 1.807) is 6.07 Å². The Bertz CT molecular complexity index is 539. The van der Waals surface area contributed by atoms with Gasteiger partial charge in [-0.15, -0.1) is 0 Å². The van der Waals surface area contributed by atoms with Crippen molar-refractivity contribution in [3.8, 4) is 5.88 Å². The fraction of sp³-hybridized carbons (Fsp3) is 0.143. The molecular formula is C14H14N2O2. The van der Waals surface area contributed by atoms with E-state index in [-0.39, 0.29) is 0 Å². The van der Waals surface area contributed by atoms with E-state index in [1.807, 2.05) is 43.3 Å². The molecule has 0 saturated carbocycles. The molecule has 1 heterocycles. The van der Waals surface area contributed by atoms with Gasteiger partial charge in [-0.2, -0.15) is 0 Å². The molecule has 0 radical (unpaired) electrons. The molecule has 92 valence electrons. The lowest BCUT2D eigenvalue weighted by atomic mass is 10.2. The quantitative estimate of drug-likeness (QED) is 0.509. The van der Waals surface area contributed by atoms with E-state index >= 15 is 0 Å². The van der Waals surface area contributed by atoms with Crippen LogP contribution in [0.4, 0.5) is 0 Å². The minimum atomic E-state index is 0.487. The molecule has 0 bridgehead atoms. The van der Waals surface area contributed by atoms with E-state index in [9.17, 15) is 0 Å².